The highest BCUT2D eigenvalue weighted by molar-refractivity contribution is 5.93. The lowest BCUT2D eigenvalue weighted by Gasteiger charge is -2.29. The Kier molecular flexibility index (Phi) is 3.81. The summed E-state index contributed by atoms with van der Waals surface area (Å²) >= 11 is 0. The molecule has 1 unspecified atom stereocenters. The van der Waals surface area contributed by atoms with Crippen molar-refractivity contribution < 1.29 is 9.18 Å². The van der Waals surface area contributed by atoms with E-state index in [-0.39, 0.29) is 11.4 Å². The molecule has 1 amide bonds. The average molecular weight is 251 g/mol. The van der Waals surface area contributed by atoms with Crippen molar-refractivity contribution in [2.24, 2.45) is 5.73 Å². The van der Waals surface area contributed by atoms with Gasteiger partial charge in [-0.1, -0.05) is 0 Å². The number of carbonyl (C=O) groups excluding carboxylic acids is 1. The van der Waals surface area contributed by atoms with Crippen LogP contribution in [0, 0.1) is 5.82 Å². The van der Waals surface area contributed by atoms with Crippen LogP contribution in [0.3, 0.4) is 0 Å². The number of likely N-dealkylation sites (N-methyl/N-ethyl adjacent to an activating group) is 1. The zero-order valence-corrected chi connectivity index (χ0v) is 10.4. The lowest BCUT2D eigenvalue weighted by Crippen LogP contribution is -2.37. The Morgan fingerprint density at radius 1 is 1.61 bits per heavy atom. The van der Waals surface area contributed by atoms with E-state index in [1.165, 1.54) is 6.07 Å². The van der Waals surface area contributed by atoms with Gasteiger partial charge < -0.3 is 16.0 Å². The van der Waals surface area contributed by atoms with Gasteiger partial charge in [0, 0.05) is 24.7 Å². The van der Waals surface area contributed by atoms with E-state index in [9.17, 15) is 9.18 Å². The van der Waals surface area contributed by atoms with Gasteiger partial charge in [0.1, 0.15) is 5.82 Å². The number of nitrogens with one attached hydrogen (secondary N) is 1. The third-order valence-corrected chi connectivity index (χ3v) is 3.36. The van der Waals surface area contributed by atoms with Crippen molar-refractivity contribution in [1.82, 2.24) is 5.32 Å². The highest BCUT2D eigenvalue weighted by Gasteiger charge is 2.23. The van der Waals surface area contributed by atoms with E-state index in [4.69, 9.17) is 5.73 Å². The van der Waals surface area contributed by atoms with Crippen molar-refractivity contribution in [2.75, 3.05) is 24.5 Å². The second kappa shape index (κ2) is 5.35. The number of benzene rings is 1. The normalized spacial score (nSPS) is 18.9. The first-order valence-electron chi connectivity index (χ1n) is 6.20. The minimum absolute atomic E-state index is 0.205. The molecule has 0 aliphatic carbocycles. The van der Waals surface area contributed by atoms with Crippen LogP contribution in [0.2, 0.25) is 0 Å². The third kappa shape index (κ3) is 2.46. The quantitative estimate of drug-likeness (QED) is 0.843. The van der Waals surface area contributed by atoms with Crippen LogP contribution in [0.15, 0.2) is 18.2 Å². The molecule has 1 aliphatic heterocycles. The van der Waals surface area contributed by atoms with Gasteiger partial charge in [-0.2, -0.15) is 0 Å². The molecule has 1 aromatic rings. The number of nitrogens with two attached hydrogens (primary N) is 1. The Balaban J connectivity index is 2.27. The lowest BCUT2D eigenvalue weighted by molar-refractivity contribution is 0.1000. The lowest BCUT2D eigenvalue weighted by atomic mass is 10.1. The molecule has 0 aromatic heterocycles. The largest absolute Gasteiger partial charge is 0.366 e. The first kappa shape index (κ1) is 12.8. The second-order valence-electron chi connectivity index (χ2n) is 4.46. The van der Waals surface area contributed by atoms with Gasteiger partial charge >= 0.3 is 0 Å². The summed E-state index contributed by atoms with van der Waals surface area (Å²) in [6, 6.07) is 4.73. The van der Waals surface area contributed by atoms with E-state index >= 15 is 0 Å². The Bertz CT molecular complexity index is 444. The number of hydrogen-bond donors (Lipinski definition) is 2. The van der Waals surface area contributed by atoms with Crippen molar-refractivity contribution in [3.05, 3.63) is 29.6 Å². The molecule has 1 aromatic carbocycles. The molecule has 3 N–H and O–H groups in total. The Hall–Kier alpha value is -1.62. The van der Waals surface area contributed by atoms with Crippen molar-refractivity contribution in [1.29, 1.82) is 0 Å². The maximum Gasteiger partial charge on any atom is 0.248 e. The van der Waals surface area contributed by atoms with Crippen LogP contribution in [0.4, 0.5) is 10.1 Å². The summed E-state index contributed by atoms with van der Waals surface area (Å²) in [7, 11) is 0. The van der Waals surface area contributed by atoms with Crippen LogP contribution < -0.4 is 16.0 Å². The van der Waals surface area contributed by atoms with E-state index in [1.54, 1.807) is 12.1 Å². The summed E-state index contributed by atoms with van der Waals surface area (Å²) in [5.41, 5.74) is 5.88. The third-order valence-electron chi connectivity index (χ3n) is 3.36. The molecular formula is C13H18FN3O. The van der Waals surface area contributed by atoms with E-state index in [2.05, 4.69) is 5.32 Å². The topological polar surface area (TPSA) is 58.4 Å². The molecule has 0 radical (unpaired) electrons. The van der Waals surface area contributed by atoms with Gasteiger partial charge in [0.05, 0.1) is 5.69 Å². The van der Waals surface area contributed by atoms with Crippen LogP contribution >= 0.6 is 0 Å². The average Bonchev–Trinajstić information content (AvgIpc) is 2.85. The molecule has 98 valence electrons. The van der Waals surface area contributed by atoms with Crippen LogP contribution in [0.5, 0.6) is 0 Å². The van der Waals surface area contributed by atoms with Crippen molar-refractivity contribution >= 4 is 11.6 Å². The van der Waals surface area contributed by atoms with Crippen molar-refractivity contribution in [3.8, 4) is 0 Å². The number of amides is 1. The summed E-state index contributed by atoms with van der Waals surface area (Å²) in [5.74, 6) is -0.994. The van der Waals surface area contributed by atoms with Gasteiger partial charge in [0.25, 0.3) is 0 Å². The summed E-state index contributed by atoms with van der Waals surface area (Å²) < 4.78 is 14.0. The molecule has 1 atom stereocenters. The maximum absolute atomic E-state index is 14.0. The maximum atomic E-state index is 14.0. The van der Waals surface area contributed by atoms with Gasteiger partial charge in [-0.15, -0.1) is 0 Å². The minimum atomic E-state index is -0.606. The molecule has 5 heteroatoms. The van der Waals surface area contributed by atoms with Crippen LogP contribution in [0.1, 0.15) is 23.7 Å². The molecule has 1 aliphatic rings. The number of rotatable bonds is 4. The standard InChI is InChI=1S/C13H18FN3O/c1-2-17(10-5-6-16-8-10)12-4-3-9(13(15)18)7-11(12)14/h3-4,7,10,16H,2,5-6,8H2,1H3,(H2,15,18). The van der Waals surface area contributed by atoms with E-state index in [0.717, 1.165) is 26.1 Å². The SMILES string of the molecule is CCN(c1ccc(C(N)=O)cc1F)C1CCNC1. The highest BCUT2D eigenvalue weighted by Crippen LogP contribution is 2.24. The van der Waals surface area contributed by atoms with Crippen molar-refractivity contribution in [3.63, 3.8) is 0 Å². The van der Waals surface area contributed by atoms with Gasteiger partial charge in [-0.05, 0) is 38.1 Å². The van der Waals surface area contributed by atoms with Gasteiger partial charge in [-0.25, -0.2) is 4.39 Å². The zero-order valence-electron chi connectivity index (χ0n) is 10.4. The van der Waals surface area contributed by atoms with E-state index < -0.39 is 5.91 Å². The molecule has 0 saturated carbocycles. The van der Waals surface area contributed by atoms with Gasteiger partial charge in [0.15, 0.2) is 0 Å². The number of carbonyl (C=O) groups is 1. The highest BCUT2D eigenvalue weighted by atomic mass is 19.1. The fourth-order valence-electron chi connectivity index (χ4n) is 2.42. The summed E-state index contributed by atoms with van der Waals surface area (Å²) in [4.78, 5) is 13.0. The van der Waals surface area contributed by atoms with Gasteiger partial charge in [-0.3, -0.25) is 4.79 Å². The molecule has 0 spiro atoms. The fraction of sp³-hybridized carbons (Fsp3) is 0.462. The molecule has 0 bridgehead atoms. The number of halogens is 1. The number of anilines is 1. The molecular weight excluding hydrogens is 233 g/mol. The minimum Gasteiger partial charge on any atom is -0.366 e. The molecule has 18 heavy (non-hydrogen) atoms. The molecule has 1 heterocycles. The van der Waals surface area contributed by atoms with Gasteiger partial charge in [0.2, 0.25) is 5.91 Å². The predicted octanol–water partition coefficient (Wildman–Crippen LogP) is 1.11. The fourth-order valence-corrected chi connectivity index (χ4v) is 2.42. The monoisotopic (exact) mass is 251 g/mol. The summed E-state index contributed by atoms with van der Waals surface area (Å²) in [5, 5.41) is 3.27. The predicted molar refractivity (Wildman–Crippen MR) is 69.2 cm³/mol. The Labute approximate surface area is 106 Å². The molecule has 4 nitrogen and oxygen atoms in total. The Morgan fingerprint density at radius 2 is 2.39 bits per heavy atom. The van der Waals surface area contributed by atoms with Crippen LogP contribution in [-0.2, 0) is 0 Å². The molecule has 2 rings (SSSR count). The smallest absolute Gasteiger partial charge is 0.248 e. The second-order valence-corrected chi connectivity index (χ2v) is 4.46. The van der Waals surface area contributed by atoms with Crippen LogP contribution in [-0.4, -0.2) is 31.6 Å². The first-order valence-corrected chi connectivity index (χ1v) is 6.20. The zero-order chi connectivity index (χ0) is 13.1. The number of primary amides is 1. The Morgan fingerprint density at radius 3 is 2.89 bits per heavy atom. The number of nitrogens with zero attached hydrogens (tertiary/aromatic N) is 1. The summed E-state index contributed by atoms with van der Waals surface area (Å²) in [6.45, 7) is 4.56. The number of hydrogen-bond acceptors (Lipinski definition) is 3. The first-order chi connectivity index (χ1) is 8.63. The van der Waals surface area contributed by atoms with E-state index in [0.29, 0.717) is 11.7 Å². The van der Waals surface area contributed by atoms with Crippen LogP contribution in [0.25, 0.3) is 0 Å². The molecule has 1 saturated heterocycles. The van der Waals surface area contributed by atoms with Crippen molar-refractivity contribution in [2.45, 2.75) is 19.4 Å². The summed E-state index contributed by atoms with van der Waals surface area (Å²) in [6.07, 6.45) is 1.00. The van der Waals surface area contributed by atoms with E-state index in [1.807, 2.05) is 11.8 Å². The molecule has 1 fully saturated rings.